The molecule has 164 valence electrons. The topological polar surface area (TPSA) is 111 Å². The first-order valence-corrected chi connectivity index (χ1v) is 10.4. The van der Waals surface area contributed by atoms with Gasteiger partial charge in [0.1, 0.15) is 5.75 Å². The van der Waals surface area contributed by atoms with Gasteiger partial charge in [0.2, 0.25) is 0 Å². The second kappa shape index (κ2) is 8.89. The average molecular weight is 425 g/mol. The minimum atomic E-state index is -0.558. The fourth-order valence-electron chi connectivity index (χ4n) is 4.21. The maximum Gasteiger partial charge on any atom is 0.254 e. The number of morpholine rings is 1. The number of carbonyl (C=O) groups is 2. The lowest BCUT2D eigenvalue weighted by Crippen LogP contribution is -2.37. The Bertz CT molecular complexity index is 990. The van der Waals surface area contributed by atoms with Gasteiger partial charge in [-0.3, -0.25) is 9.59 Å². The highest BCUT2D eigenvalue weighted by Gasteiger charge is 2.33. The van der Waals surface area contributed by atoms with Gasteiger partial charge in [-0.15, -0.1) is 0 Å². The summed E-state index contributed by atoms with van der Waals surface area (Å²) in [6, 6.07) is 5.29. The van der Waals surface area contributed by atoms with Crippen molar-refractivity contribution in [3.63, 3.8) is 0 Å². The number of benzene rings is 1. The minimum Gasteiger partial charge on any atom is -0.495 e. The molecule has 3 heterocycles. The fraction of sp³-hybridized carbons (Fsp3) is 0.455. The molecular weight excluding hydrogens is 398 g/mol. The van der Waals surface area contributed by atoms with Crippen molar-refractivity contribution in [1.82, 2.24) is 14.9 Å². The first-order valence-electron chi connectivity index (χ1n) is 10.4. The van der Waals surface area contributed by atoms with E-state index >= 15 is 0 Å². The monoisotopic (exact) mass is 425 g/mol. The van der Waals surface area contributed by atoms with Crippen LogP contribution in [0.5, 0.6) is 5.75 Å². The molecule has 9 heteroatoms. The van der Waals surface area contributed by atoms with E-state index in [9.17, 15) is 9.59 Å². The number of primary amides is 1. The van der Waals surface area contributed by atoms with Gasteiger partial charge in [0, 0.05) is 31.4 Å². The maximum atomic E-state index is 13.4. The molecule has 1 aromatic heterocycles. The Morgan fingerprint density at radius 2 is 2.00 bits per heavy atom. The number of nitrogens with zero attached hydrogens (tertiary/aromatic N) is 4. The van der Waals surface area contributed by atoms with Crippen molar-refractivity contribution in [3.8, 4) is 5.75 Å². The van der Waals surface area contributed by atoms with Crippen molar-refractivity contribution >= 4 is 17.5 Å². The van der Waals surface area contributed by atoms with Gasteiger partial charge in [0.05, 0.1) is 43.3 Å². The third kappa shape index (κ3) is 4.18. The zero-order valence-corrected chi connectivity index (χ0v) is 17.8. The van der Waals surface area contributed by atoms with Crippen molar-refractivity contribution in [1.29, 1.82) is 0 Å². The molecule has 2 fully saturated rings. The number of likely N-dealkylation sites (tertiary alicyclic amines) is 1. The molecule has 0 saturated carbocycles. The first-order chi connectivity index (χ1) is 15.0. The maximum absolute atomic E-state index is 13.4. The van der Waals surface area contributed by atoms with E-state index in [1.165, 1.54) is 6.20 Å². The van der Waals surface area contributed by atoms with Crippen LogP contribution in [0.15, 0.2) is 24.4 Å². The third-order valence-electron chi connectivity index (χ3n) is 5.85. The number of hydrogen-bond donors (Lipinski definition) is 1. The van der Waals surface area contributed by atoms with Crippen LogP contribution in [0.4, 0.5) is 5.69 Å². The Balaban J connectivity index is 1.61. The standard InChI is InChI=1S/C22H27N5O4/c1-14-16(20(23)28)13-24-21(25-14)17-4-3-7-27(17)22(29)15-5-6-19(30-2)18(12-15)26-8-10-31-11-9-26/h5-6,12-13,17H,3-4,7-11H2,1-2H3,(H2,23,28)/t17-/m1/s1. The van der Waals surface area contributed by atoms with Crippen LogP contribution in [-0.4, -0.2) is 66.6 Å². The molecule has 0 spiro atoms. The SMILES string of the molecule is COc1ccc(C(=O)N2CCC[C@@H]2c2ncc(C(N)=O)c(C)n2)cc1N1CCOCC1. The van der Waals surface area contributed by atoms with Crippen LogP contribution in [0.25, 0.3) is 0 Å². The lowest BCUT2D eigenvalue weighted by atomic mass is 10.1. The largest absolute Gasteiger partial charge is 0.495 e. The van der Waals surface area contributed by atoms with E-state index < -0.39 is 5.91 Å². The molecular formula is C22H27N5O4. The molecule has 2 aromatic rings. The summed E-state index contributed by atoms with van der Waals surface area (Å²) in [4.78, 5) is 37.7. The summed E-state index contributed by atoms with van der Waals surface area (Å²) >= 11 is 0. The molecule has 31 heavy (non-hydrogen) atoms. The molecule has 2 aliphatic heterocycles. The van der Waals surface area contributed by atoms with Crippen molar-refractivity contribution in [2.24, 2.45) is 5.73 Å². The van der Waals surface area contributed by atoms with E-state index in [1.54, 1.807) is 20.1 Å². The number of rotatable bonds is 5. The summed E-state index contributed by atoms with van der Waals surface area (Å²) in [7, 11) is 1.63. The van der Waals surface area contributed by atoms with Crippen LogP contribution in [0.1, 0.15) is 51.1 Å². The quantitative estimate of drug-likeness (QED) is 0.776. The Hall–Kier alpha value is -3.20. The Morgan fingerprint density at radius 3 is 2.68 bits per heavy atom. The summed E-state index contributed by atoms with van der Waals surface area (Å²) in [6.45, 7) is 5.15. The van der Waals surface area contributed by atoms with Gasteiger partial charge >= 0.3 is 0 Å². The molecule has 1 aromatic carbocycles. The van der Waals surface area contributed by atoms with Crippen molar-refractivity contribution < 1.29 is 19.1 Å². The number of anilines is 1. The van der Waals surface area contributed by atoms with Crippen molar-refractivity contribution in [2.75, 3.05) is 44.9 Å². The number of ether oxygens (including phenoxy) is 2. The predicted molar refractivity (Wildman–Crippen MR) is 114 cm³/mol. The highest BCUT2D eigenvalue weighted by Crippen LogP contribution is 2.34. The molecule has 2 aliphatic rings. The lowest BCUT2D eigenvalue weighted by molar-refractivity contribution is 0.0729. The number of amides is 2. The summed E-state index contributed by atoms with van der Waals surface area (Å²) in [5, 5.41) is 0. The molecule has 2 amide bonds. The van der Waals surface area contributed by atoms with E-state index in [0.29, 0.717) is 42.4 Å². The van der Waals surface area contributed by atoms with Crippen LogP contribution in [-0.2, 0) is 4.74 Å². The molecule has 2 saturated heterocycles. The number of hydrogen-bond acceptors (Lipinski definition) is 7. The molecule has 2 N–H and O–H groups in total. The number of carbonyl (C=O) groups excluding carboxylic acids is 2. The molecule has 4 rings (SSSR count). The van der Waals surface area contributed by atoms with Crippen molar-refractivity contribution in [2.45, 2.75) is 25.8 Å². The van der Waals surface area contributed by atoms with E-state index in [-0.39, 0.29) is 11.9 Å². The lowest BCUT2D eigenvalue weighted by Gasteiger charge is -2.31. The Kier molecular flexibility index (Phi) is 6.03. The van der Waals surface area contributed by atoms with Crippen LogP contribution >= 0.6 is 0 Å². The van der Waals surface area contributed by atoms with Gasteiger partial charge in [-0.25, -0.2) is 9.97 Å². The highest BCUT2D eigenvalue weighted by molar-refractivity contribution is 5.96. The van der Waals surface area contributed by atoms with E-state index in [1.807, 2.05) is 17.0 Å². The van der Waals surface area contributed by atoms with Crippen LogP contribution in [0.3, 0.4) is 0 Å². The second-order valence-corrected chi connectivity index (χ2v) is 7.73. The normalized spacial score (nSPS) is 18.8. The van der Waals surface area contributed by atoms with Crippen LogP contribution < -0.4 is 15.4 Å². The molecule has 0 bridgehead atoms. The third-order valence-corrected chi connectivity index (χ3v) is 5.85. The number of aryl methyl sites for hydroxylation is 1. The first kappa shape index (κ1) is 21.0. The van der Waals surface area contributed by atoms with Crippen molar-refractivity contribution in [3.05, 3.63) is 47.0 Å². The van der Waals surface area contributed by atoms with Gasteiger partial charge in [-0.1, -0.05) is 0 Å². The minimum absolute atomic E-state index is 0.0695. The van der Waals surface area contributed by atoms with E-state index in [0.717, 1.165) is 37.4 Å². The van der Waals surface area contributed by atoms with Gasteiger partial charge in [-0.05, 0) is 38.0 Å². The van der Waals surface area contributed by atoms with Gasteiger partial charge < -0.3 is 25.0 Å². The Morgan fingerprint density at radius 1 is 1.23 bits per heavy atom. The van der Waals surface area contributed by atoms with Crippen LogP contribution in [0, 0.1) is 6.92 Å². The second-order valence-electron chi connectivity index (χ2n) is 7.73. The Labute approximate surface area is 181 Å². The molecule has 1 atom stereocenters. The number of nitrogens with two attached hydrogens (primary N) is 1. The zero-order valence-electron chi connectivity index (χ0n) is 17.8. The molecule has 0 radical (unpaired) electrons. The molecule has 0 unspecified atom stereocenters. The summed E-state index contributed by atoms with van der Waals surface area (Å²) in [5.41, 5.74) is 7.67. The van der Waals surface area contributed by atoms with E-state index in [4.69, 9.17) is 15.2 Å². The average Bonchev–Trinajstić information content (AvgIpc) is 3.28. The highest BCUT2D eigenvalue weighted by atomic mass is 16.5. The molecule has 9 nitrogen and oxygen atoms in total. The fourth-order valence-corrected chi connectivity index (χ4v) is 4.21. The van der Waals surface area contributed by atoms with Gasteiger partial charge in [0.25, 0.3) is 11.8 Å². The predicted octanol–water partition coefficient (Wildman–Crippen LogP) is 1.71. The van der Waals surface area contributed by atoms with Gasteiger partial charge in [-0.2, -0.15) is 0 Å². The number of aromatic nitrogens is 2. The van der Waals surface area contributed by atoms with Gasteiger partial charge in [0.15, 0.2) is 5.82 Å². The summed E-state index contributed by atoms with van der Waals surface area (Å²) in [5.74, 6) is 0.643. The van der Waals surface area contributed by atoms with Crippen LogP contribution in [0.2, 0.25) is 0 Å². The smallest absolute Gasteiger partial charge is 0.254 e. The number of methoxy groups -OCH3 is 1. The van der Waals surface area contributed by atoms with E-state index in [2.05, 4.69) is 14.9 Å². The molecule has 0 aliphatic carbocycles. The summed E-state index contributed by atoms with van der Waals surface area (Å²) in [6.07, 6.45) is 3.08. The summed E-state index contributed by atoms with van der Waals surface area (Å²) < 4.78 is 11.0. The zero-order chi connectivity index (χ0) is 22.0.